The Morgan fingerprint density at radius 1 is 1.04 bits per heavy atom. The van der Waals surface area contributed by atoms with Crippen molar-refractivity contribution >= 4 is 23.4 Å². The molecule has 118 valence electrons. The summed E-state index contributed by atoms with van der Waals surface area (Å²) in [6.07, 6.45) is 2.38. The van der Waals surface area contributed by atoms with Crippen molar-refractivity contribution in [2.75, 3.05) is 0 Å². The second kappa shape index (κ2) is 6.55. The molecule has 0 radical (unpaired) electrons. The zero-order valence-corrected chi connectivity index (χ0v) is 13.6. The molecule has 4 heteroatoms. The fourth-order valence-electron chi connectivity index (χ4n) is 2.86. The van der Waals surface area contributed by atoms with Gasteiger partial charge < -0.3 is 4.74 Å². The van der Waals surface area contributed by atoms with Gasteiger partial charge in [-0.2, -0.15) is 0 Å². The van der Waals surface area contributed by atoms with Crippen LogP contribution in [0.2, 0.25) is 5.02 Å². The molecule has 0 aromatic heterocycles. The molecule has 0 aliphatic heterocycles. The van der Waals surface area contributed by atoms with Gasteiger partial charge in [-0.05, 0) is 61.6 Å². The van der Waals surface area contributed by atoms with Gasteiger partial charge in [-0.1, -0.05) is 29.8 Å². The van der Waals surface area contributed by atoms with Crippen LogP contribution in [0.5, 0.6) is 0 Å². The van der Waals surface area contributed by atoms with Gasteiger partial charge in [-0.3, -0.25) is 4.79 Å². The number of esters is 1. The zero-order chi connectivity index (χ0) is 16.4. The molecular weight excluding hydrogens is 312 g/mol. The Morgan fingerprint density at radius 2 is 1.83 bits per heavy atom. The smallest absolute Gasteiger partial charge is 0.338 e. The Bertz CT molecular complexity index is 767. The summed E-state index contributed by atoms with van der Waals surface area (Å²) in [6.45, 7) is 1.60. The summed E-state index contributed by atoms with van der Waals surface area (Å²) in [5, 5.41) is 0.456. The summed E-state index contributed by atoms with van der Waals surface area (Å²) in [4.78, 5) is 24.6. The maximum Gasteiger partial charge on any atom is 0.338 e. The van der Waals surface area contributed by atoms with Crippen LogP contribution >= 0.6 is 11.6 Å². The van der Waals surface area contributed by atoms with E-state index in [0.717, 1.165) is 19.3 Å². The van der Waals surface area contributed by atoms with Crippen molar-refractivity contribution in [1.29, 1.82) is 0 Å². The van der Waals surface area contributed by atoms with Crippen molar-refractivity contribution < 1.29 is 14.3 Å². The standard InChI is InChI=1S/C19H17ClO3/c1-12(23-19(22)16-6-3-7-17(20)11-16)18(21)15-9-8-13-4-2-5-14(13)10-15/h3,6-12H,2,4-5H2,1H3/t12-/m0/s1. The number of carbonyl (C=O) groups excluding carboxylic acids is 2. The van der Waals surface area contributed by atoms with Gasteiger partial charge in [0.2, 0.25) is 5.78 Å². The number of ether oxygens (including phenoxy) is 1. The summed E-state index contributed by atoms with van der Waals surface area (Å²) in [7, 11) is 0. The minimum atomic E-state index is -0.832. The lowest BCUT2D eigenvalue weighted by atomic mass is 10.0. The first-order valence-electron chi connectivity index (χ1n) is 7.67. The molecular formula is C19H17ClO3. The number of hydrogen-bond acceptors (Lipinski definition) is 3. The van der Waals surface area contributed by atoms with Crippen LogP contribution in [0.3, 0.4) is 0 Å². The van der Waals surface area contributed by atoms with Crippen molar-refractivity contribution in [1.82, 2.24) is 0 Å². The van der Waals surface area contributed by atoms with Crippen molar-refractivity contribution in [2.45, 2.75) is 32.3 Å². The first-order chi connectivity index (χ1) is 11.0. The Kier molecular flexibility index (Phi) is 4.49. The van der Waals surface area contributed by atoms with Gasteiger partial charge >= 0.3 is 5.97 Å². The van der Waals surface area contributed by atoms with E-state index in [1.165, 1.54) is 17.2 Å². The highest BCUT2D eigenvalue weighted by molar-refractivity contribution is 6.30. The summed E-state index contributed by atoms with van der Waals surface area (Å²) < 4.78 is 5.28. The van der Waals surface area contributed by atoms with E-state index in [2.05, 4.69) is 0 Å². The van der Waals surface area contributed by atoms with E-state index in [4.69, 9.17) is 16.3 Å². The fraction of sp³-hybridized carbons (Fsp3) is 0.263. The third kappa shape index (κ3) is 3.45. The maximum atomic E-state index is 12.5. The van der Waals surface area contributed by atoms with E-state index in [0.29, 0.717) is 16.1 Å². The quantitative estimate of drug-likeness (QED) is 0.622. The second-order valence-corrected chi connectivity index (χ2v) is 6.20. The fourth-order valence-corrected chi connectivity index (χ4v) is 3.05. The van der Waals surface area contributed by atoms with Crippen LogP contribution in [-0.2, 0) is 17.6 Å². The molecule has 3 rings (SSSR count). The van der Waals surface area contributed by atoms with Crippen LogP contribution < -0.4 is 0 Å². The predicted octanol–water partition coefficient (Wildman–Crippen LogP) is 4.26. The average molecular weight is 329 g/mol. The summed E-state index contributed by atoms with van der Waals surface area (Å²) in [5.74, 6) is -0.732. The number of aryl methyl sites for hydroxylation is 2. The molecule has 23 heavy (non-hydrogen) atoms. The van der Waals surface area contributed by atoms with Crippen LogP contribution in [0.25, 0.3) is 0 Å². The molecule has 0 heterocycles. The molecule has 2 aromatic rings. The molecule has 0 fully saturated rings. The molecule has 1 aliphatic carbocycles. The van der Waals surface area contributed by atoms with Crippen molar-refractivity contribution in [2.24, 2.45) is 0 Å². The molecule has 0 saturated heterocycles. The van der Waals surface area contributed by atoms with Gasteiger partial charge in [0.05, 0.1) is 5.56 Å². The molecule has 1 atom stereocenters. The predicted molar refractivity (Wildman–Crippen MR) is 89.1 cm³/mol. The summed E-state index contributed by atoms with van der Waals surface area (Å²) >= 11 is 5.86. The Labute approximate surface area is 140 Å². The van der Waals surface area contributed by atoms with Gasteiger partial charge in [0.15, 0.2) is 6.10 Å². The number of benzene rings is 2. The number of Topliss-reactive ketones (excluding diaryl/α,β-unsaturated/α-hetero) is 1. The third-order valence-corrected chi connectivity index (χ3v) is 4.33. The van der Waals surface area contributed by atoms with Crippen LogP contribution in [0.15, 0.2) is 42.5 Å². The minimum absolute atomic E-state index is 0.185. The van der Waals surface area contributed by atoms with Crippen molar-refractivity contribution in [3.63, 3.8) is 0 Å². The molecule has 0 unspecified atom stereocenters. The summed E-state index contributed by atoms with van der Waals surface area (Å²) in [6, 6.07) is 12.2. The number of rotatable bonds is 4. The second-order valence-electron chi connectivity index (χ2n) is 5.76. The van der Waals surface area contributed by atoms with Crippen LogP contribution in [0, 0.1) is 0 Å². The first-order valence-corrected chi connectivity index (χ1v) is 8.05. The SMILES string of the molecule is C[C@H](OC(=O)c1cccc(Cl)c1)C(=O)c1ccc2c(c1)CCC2. The average Bonchev–Trinajstić information content (AvgIpc) is 3.01. The lowest BCUT2D eigenvalue weighted by Crippen LogP contribution is -2.24. The first kappa shape index (κ1) is 15.8. The topological polar surface area (TPSA) is 43.4 Å². The Balaban J connectivity index is 1.71. The Hall–Kier alpha value is -2.13. The van der Waals surface area contributed by atoms with Gasteiger partial charge in [0.1, 0.15) is 0 Å². The van der Waals surface area contributed by atoms with Gasteiger partial charge in [0, 0.05) is 10.6 Å². The molecule has 0 saturated carbocycles. The number of halogens is 1. The highest BCUT2D eigenvalue weighted by Crippen LogP contribution is 2.23. The molecule has 1 aliphatic rings. The highest BCUT2D eigenvalue weighted by atomic mass is 35.5. The van der Waals surface area contributed by atoms with Gasteiger partial charge in [-0.15, -0.1) is 0 Å². The van der Waals surface area contributed by atoms with Gasteiger partial charge in [-0.25, -0.2) is 4.79 Å². The number of ketones is 1. The lowest BCUT2D eigenvalue weighted by molar-refractivity contribution is 0.0319. The van der Waals surface area contributed by atoms with Crippen molar-refractivity contribution in [3.05, 3.63) is 69.7 Å². The number of carbonyl (C=O) groups is 2. The zero-order valence-electron chi connectivity index (χ0n) is 12.8. The molecule has 0 spiro atoms. The van der Waals surface area contributed by atoms with Crippen LogP contribution in [0.1, 0.15) is 45.2 Å². The largest absolute Gasteiger partial charge is 0.451 e. The van der Waals surface area contributed by atoms with E-state index in [-0.39, 0.29) is 5.78 Å². The maximum absolute atomic E-state index is 12.5. The molecule has 0 amide bonds. The van der Waals surface area contributed by atoms with E-state index in [1.807, 2.05) is 18.2 Å². The monoisotopic (exact) mass is 328 g/mol. The van der Waals surface area contributed by atoms with Crippen molar-refractivity contribution in [3.8, 4) is 0 Å². The van der Waals surface area contributed by atoms with Crippen LogP contribution in [-0.4, -0.2) is 17.9 Å². The van der Waals surface area contributed by atoms with E-state index in [1.54, 1.807) is 25.1 Å². The normalized spacial score (nSPS) is 14.2. The molecule has 2 aromatic carbocycles. The van der Waals surface area contributed by atoms with E-state index >= 15 is 0 Å². The Morgan fingerprint density at radius 3 is 2.61 bits per heavy atom. The number of fused-ring (bicyclic) bond motifs is 1. The number of hydrogen-bond donors (Lipinski definition) is 0. The third-order valence-electron chi connectivity index (χ3n) is 4.10. The summed E-state index contributed by atoms with van der Waals surface area (Å²) in [5.41, 5.74) is 3.47. The van der Waals surface area contributed by atoms with Gasteiger partial charge in [0.25, 0.3) is 0 Å². The lowest BCUT2D eigenvalue weighted by Gasteiger charge is -2.13. The van der Waals surface area contributed by atoms with Crippen LogP contribution in [0.4, 0.5) is 0 Å². The van der Waals surface area contributed by atoms with E-state index < -0.39 is 12.1 Å². The minimum Gasteiger partial charge on any atom is -0.451 e. The molecule has 0 N–H and O–H groups in total. The molecule has 3 nitrogen and oxygen atoms in total. The molecule has 0 bridgehead atoms. The van der Waals surface area contributed by atoms with E-state index in [9.17, 15) is 9.59 Å². The highest BCUT2D eigenvalue weighted by Gasteiger charge is 2.22.